The molecule has 2 aromatic heterocycles. The van der Waals surface area contributed by atoms with Gasteiger partial charge in [-0.15, -0.1) is 23.1 Å². The van der Waals surface area contributed by atoms with E-state index >= 15 is 0 Å². The molecule has 0 saturated heterocycles. The van der Waals surface area contributed by atoms with E-state index < -0.39 is 0 Å². The van der Waals surface area contributed by atoms with Crippen LogP contribution in [0, 0.1) is 0 Å². The van der Waals surface area contributed by atoms with E-state index in [1.807, 2.05) is 12.3 Å². The largest absolute Gasteiger partial charge is 0.340 e. The van der Waals surface area contributed by atoms with Crippen LogP contribution in [0.15, 0.2) is 22.3 Å². The molecule has 25 heavy (non-hydrogen) atoms. The Balaban J connectivity index is 1.93. The molecule has 0 aromatic carbocycles. The second-order valence-electron chi connectivity index (χ2n) is 6.11. The number of hydrogen-bond acceptors (Lipinski definition) is 6. The Morgan fingerprint density at radius 3 is 3.04 bits per heavy atom. The minimum absolute atomic E-state index is 0.204. The Morgan fingerprint density at radius 1 is 1.52 bits per heavy atom. The fourth-order valence-corrected chi connectivity index (χ4v) is 4.15. The molecule has 1 fully saturated rings. The molecule has 132 valence electrons. The molecule has 2 atom stereocenters. The van der Waals surface area contributed by atoms with Crippen LogP contribution in [0.3, 0.4) is 0 Å². The lowest BCUT2D eigenvalue weighted by Crippen LogP contribution is -2.23. The number of H-pyrrole nitrogens is 1. The standard InChI is InChI=1S/C18H23N5S2/c1-11(24-3)9-14-16(7-8-20-2)25-18(23-14)15-10-21-17(22-15)12-5-4-6-13(12)19/h7-10,12-13H,2,4-6,19H2,1,3H3,(H,21,22)/b8-7+,11-9+/t12?,13-/m0/s1. The average Bonchev–Trinajstić information content (AvgIpc) is 3.32. The highest BCUT2D eigenvalue weighted by molar-refractivity contribution is 8.02. The first kappa shape index (κ1) is 18.1. The molecule has 7 heteroatoms. The first-order valence-corrected chi connectivity index (χ1v) is 10.3. The molecule has 0 aliphatic heterocycles. The normalized spacial score (nSPS) is 21.3. The lowest BCUT2D eigenvalue weighted by molar-refractivity contribution is 0.587. The Bertz CT molecular complexity index is 802. The number of aromatic amines is 1. The highest BCUT2D eigenvalue weighted by Crippen LogP contribution is 2.34. The van der Waals surface area contributed by atoms with Gasteiger partial charge < -0.3 is 10.7 Å². The SMILES string of the molecule is C=N/C=C/c1sc(-c2cnc(C3CCC[C@@H]3N)[nH]2)nc1/C=C(\C)SC. The minimum atomic E-state index is 0.204. The zero-order valence-electron chi connectivity index (χ0n) is 14.5. The summed E-state index contributed by atoms with van der Waals surface area (Å²) >= 11 is 3.33. The van der Waals surface area contributed by atoms with Crippen LogP contribution in [0.2, 0.25) is 0 Å². The van der Waals surface area contributed by atoms with Gasteiger partial charge in [-0.2, -0.15) is 0 Å². The number of nitrogens with zero attached hydrogens (tertiary/aromatic N) is 3. The molecule has 0 spiro atoms. The predicted octanol–water partition coefficient (Wildman–Crippen LogP) is 4.52. The summed E-state index contributed by atoms with van der Waals surface area (Å²) in [6.45, 7) is 5.58. The molecule has 5 nitrogen and oxygen atoms in total. The van der Waals surface area contributed by atoms with Gasteiger partial charge in [-0.05, 0) is 49.8 Å². The van der Waals surface area contributed by atoms with Crippen molar-refractivity contribution in [3.63, 3.8) is 0 Å². The molecule has 0 amide bonds. The van der Waals surface area contributed by atoms with E-state index in [-0.39, 0.29) is 6.04 Å². The number of nitrogens with two attached hydrogens (primary N) is 1. The number of imidazole rings is 1. The van der Waals surface area contributed by atoms with Crippen LogP contribution in [0.5, 0.6) is 0 Å². The van der Waals surface area contributed by atoms with Gasteiger partial charge >= 0.3 is 0 Å². The zero-order chi connectivity index (χ0) is 17.8. The van der Waals surface area contributed by atoms with E-state index in [9.17, 15) is 0 Å². The number of hydrogen-bond donors (Lipinski definition) is 2. The lowest BCUT2D eigenvalue weighted by Gasteiger charge is -2.11. The number of rotatable bonds is 6. The highest BCUT2D eigenvalue weighted by Gasteiger charge is 2.28. The Morgan fingerprint density at radius 2 is 2.36 bits per heavy atom. The van der Waals surface area contributed by atoms with Gasteiger partial charge in [0.05, 0.1) is 22.5 Å². The molecule has 3 N–H and O–H groups in total. The molecule has 1 unspecified atom stereocenters. The molecular formula is C18H23N5S2. The van der Waals surface area contributed by atoms with Crippen molar-refractivity contribution in [2.75, 3.05) is 6.26 Å². The van der Waals surface area contributed by atoms with Crippen molar-refractivity contribution >= 4 is 42.0 Å². The summed E-state index contributed by atoms with van der Waals surface area (Å²) in [7, 11) is 0. The first-order chi connectivity index (χ1) is 12.1. The average molecular weight is 374 g/mol. The van der Waals surface area contributed by atoms with Gasteiger partial charge in [0, 0.05) is 18.2 Å². The van der Waals surface area contributed by atoms with E-state index in [1.54, 1.807) is 29.3 Å². The van der Waals surface area contributed by atoms with Crippen molar-refractivity contribution in [3.05, 3.63) is 33.7 Å². The summed E-state index contributed by atoms with van der Waals surface area (Å²) in [4.78, 5) is 18.9. The quantitative estimate of drug-likeness (QED) is 0.729. The van der Waals surface area contributed by atoms with Crippen LogP contribution < -0.4 is 5.73 Å². The third kappa shape index (κ3) is 4.11. The van der Waals surface area contributed by atoms with Gasteiger partial charge in [-0.3, -0.25) is 4.99 Å². The fraction of sp³-hybridized carbons (Fsp3) is 0.389. The van der Waals surface area contributed by atoms with Crippen molar-refractivity contribution < 1.29 is 0 Å². The summed E-state index contributed by atoms with van der Waals surface area (Å²) < 4.78 is 0. The van der Waals surface area contributed by atoms with E-state index in [0.29, 0.717) is 5.92 Å². The number of nitrogens with one attached hydrogen (secondary N) is 1. The van der Waals surface area contributed by atoms with E-state index in [0.717, 1.165) is 39.9 Å². The highest BCUT2D eigenvalue weighted by atomic mass is 32.2. The van der Waals surface area contributed by atoms with Crippen LogP contribution in [0.25, 0.3) is 22.9 Å². The molecule has 0 radical (unpaired) electrons. The Kier molecular flexibility index (Phi) is 5.88. The second kappa shape index (κ2) is 8.12. The van der Waals surface area contributed by atoms with Crippen LogP contribution >= 0.6 is 23.1 Å². The maximum absolute atomic E-state index is 6.20. The fourth-order valence-electron chi connectivity index (χ4n) is 3.02. The summed E-state index contributed by atoms with van der Waals surface area (Å²) in [6.07, 6.45) is 13.0. The third-order valence-electron chi connectivity index (χ3n) is 4.42. The van der Waals surface area contributed by atoms with Crippen LogP contribution in [-0.4, -0.2) is 34.0 Å². The first-order valence-electron chi connectivity index (χ1n) is 8.28. The van der Waals surface area contributed by atoms with Gasteiger partial charge in [-0.1, -0.05) is 6.42 Å². The number of aliphatic imine (C=N–C) groups is 1. The molecule has 1 aliphatic rings. The smallest absolute Gasteiger partial charge is 0.142 e. The van der Waals surface area contributed by atoms with E-state index in [1.165, 1.54) is 11.3 Å². The number of thiazole rings is 1. The third-order valence-corrected chi connectivity index (χ3v) is 6.25. The molecular weight excluding hydrogens is 350 g/mol. The topological polar surface area (TPSA) is 80.0 Å². The van der Waals surface area contributed by atoms with Crippen molar-refractivity contribution in [2.24, 2.45) is 10.7 Å². The summed E-state index contributed by atoms with van der Waals surface area (Å²) in [5.74, 6) is 1.31. The Labute approximate surface area is 156 Å². The molecule has 3 rings (SSSR count). The maximum atomic E-state index is 6.20. The van der Waals surface area contributed by atoms with Gasteiger partial charge in [-0.25, -0.2) is 9.97 Å². The number of aromatic nitrogens is 3. The monoisotopic (exact) mass is 373 g/mol. The zero-order valence-corrected chi connectivity index (χ0v) is 16.2. The van der Waals surface area contributed by atoms with Gasteiger partial charge in [0.15, 0.2) is 0 Å². The van der Waals surface area contributed by atoms with Gasteiger partial charge in [0.1, 0.15) is 10.8 Å². The van der Waals surface area contributed by atoms with Crippen LogP contribution in [0.4, 0.5) is 0 Å². The van der Waals surface area contributed by atoms with Crippen LogP contribution in [0.1, 0.15) is 48.5 Å². The maximum Gasteiger partial charge on any atom is 0.142 e. The summed E-state index contributed by atoms with van der Waals surface area (Å²) in [5.41, 5.74) is 8.09. The molecule has 2 aromatic rings. The molecule has 2 heterocycles. The number of allylic oxidation sites excluding steroid dienone is 1. The van der Waals surface area contributed by atoms with Crippen molar-refractivity contribution in [1.29, 1.82) is 0 Å². The van der Waals surface area contributed by atoms with E-state index in [4.69, 9.17) is 10.7 Å². The van der Waals surface area contributed by atoms with Crippen molar-refractivity contribution in [2.45, 2.75) is 38.1 Å². The second-order valence-corrected chi connectivity index (χ2v) is 8.19. The predicted molar refractivity (Wildman–Crippen MR) is 110 cm³/mol. The van der Waals surface area contributed by atoms with Crippen LogP contribution in [-0.2, 0) is 0 Å². The van der Waals surface area contributed by atoms with Crippen molar-refractivity contribution in [3.8, 4) is 10.7 Å². The molecule has 1 aliphatic carbocycles. The summed E-state index contributed by atoms with van der Waals surface area (Å²) in [5, 5.41) is 0.925. The summed E-state index contributed by atoms with van der Waals surface area (Å²) in [6, 6.07) is 0.204. The minimum Gasteiger partial charge on any atom is -0.340 e. The molecule has 0 bridgehead atoms. The van der Waals surface area contributed by atoms with Gasteiger partial charge in [0.2, 0.25) is 0 Å². The lowest BCUT2D eigenvalue weighted by atomic mass is 10.0. The van der Waals surface area contributed by atoms with E-state index in [2.05, 4.69) is 40.9 Å². The Hall–Kier alpha value is -1.70. The number of thioether (sulfide) groups is 1. The van der Waals surface area contributed by atoms with Gasteiger partial charge in [0.25, 0.3) is 0 Å². The van der Waals surface area contributed by atoms with Crippen molar-refractivity contribution in [1.82, 2.24) is 15.0 Å². The molecule has 1 saturated carbocycles.